The molecule has 0 spiro atoms. The number of amides is 1. The highest BCUT2D eigenvalue weighted by Gasteiger charge is 2.40. The zero-order valence-electron chi connectivity index (χ0n) is 22.4. The summed E-state index contributed by atoms with van der Waals surface area (Å²) in [6.45, 7) is 11.3. The number of hydrogen-bond donors (Lipinski definition) is 2. The van der Waals surface area contributed by atoms with Crippen LogP contribution in [0.15, 0.2) is 34.4 Å². The number of hydrogen-bond acceptors (Lipinski definition) is 8. The van der Waals surface area contributed by atoms with Crippen LogP contribution in [0.4, 0.5) is 0 Å². The average Bonchev–Trinajstić information content (AvgIpc) is 3.20. The molecule has 1 aromatic rings. The van der Waals surface area contributed by atoms with E-state index in [1.807, 2.05) is 18.9 Å². The average molecular weight is 536 g/mol. The van der Waals surface area contributed by atoms with E-state index >= 15 is 0 Å². The smallest absolute Gasteiger partial charge is 0.268 e. The third kappa shape index (κ3) is 5.96. The van der Waals surface area contributed by atoms with E-state index in [1.165, 1.54) is 4.31 Å². The van der Waals surface area contributed by atoms with Crippen molar-refractivity contribution in [1.29, 1.82) is 0 Å². The lowest BCUT2D eigenvalue weighted by molar-refractivity contribution is -0.118. The quantitative estimate of drug-likeness (QED) is 0.461. The van der Waals surface area contributed by atoms with Crippen molar-refractivity contribution in [3.63, 3.8) is 0 Å². The summed E-state index contributed by atoms with van der Waals surface area (Å²) < 4.78 is 34.7. The van der Waals surface area contributed by atoms with Gasteiger partial charge >= 0.3 is 0 Å². The Morgan fingerprint density at radius 2 is 1.86 bits per heavy atom. The van der Waals surface area contributed by atoms with Crippen LogP contribution in [0, 0.1) is 0 Å². The zero-order valence-corrected chi connectivity index (χ0v) is 23.3. The molecule has 0 aliphatic carbocycles. The van der Waals surface area contributed by atoms with Gasteiger partial charge < -0.3 is 25.0 Å². The van der Waals surface area contributed by atoms with Crippen molar-refractivity contribution >= 4 is 15.9 Å². The van der Waals surface area contributed by atoms with Gasteiger partial charge in [-0.05, 0) is 57.0 Å². The van der Waals surface area contributed by atoms with E-state index < -0.39 is 16.1 Å². The highest BCUT2D eigenvalue weighted by molar-refractivity contribution is 7.89. The minimum atomic E-state index is -3.72. The summed E-state index contributed by atoms with van der Waals surface area (Å²) >= 11 is 0. The lowest BCUT2D eigenvalue weighted by atomic mass is 9.97. The van der Waals surface area contributed by atoms with Crippen LogP contribution < -0.4 is 10.1 Å². The van der Waals surface area contributed by atoms with Crippen molar-refractivity contribution in [3.8, 4) is 5.75 Å². The molecule has 37 heavy (non-hydrogen) atoms. The minimum absolute atomic E-state index is 0.136. The van der Waals surface area contributed by atoms with Gasteiger partial charge in [0.25, 0.3) is 5.91 Å². The Hall–Kier alpha value is -2.18. The summed E-state index contributed by atoms with van der Waals surface area (Å²) in [4.78, 5) is 19.6. The SMILES string of the molecule is CCCN1CC2=C(C(=O)NC2c2cc(S(=O)(=O)N3CCN(CCC(C)O)CC3)ccc2OCC)N(C)C1. The Morgan fingerprint density at radius 3 is 2.51 bits per heavy atom. The number of carbonyl (C=O) groups excluding carboxylic acids is 1. The fourth-order valence-electron chi connectivity index (χ4n) is 5.46. The predicted molar refractivity (Wildman–Crippen MR) is 142 cm³/mol. The van der Waals surface area contributed by atoms with E-state index in [9.17, 15) is 18.3 Å². The maximum atomic E-state index is 13.6. The molecule has 1 saturated heterocycles. The van der Waals surface area contributed by atoms with E-state index in [0.717, 1.165) is 25.1 Å². The third-order valence-electron chi connectivity index (χ3n) is 7.30. The number of rotatable bonds is 10. The topological polar surface area (TPSA) is 106 Å². The van der Waals surface area contributed by atoms with Crippen LogP contribution in [0.3, 0.4) is 0 Å². The molecule has 0 aromatic heterocycles. The Bertz CT molecular complexity index is 1110. The maximum absolute atomic E-state index is 13.6. The summed E-state index contributed by atoms with van der Waals surface area (Å²) in [6, 6.07) is 4.55. The molecule has 4 rings (SSSR count). The van der Waals surface area contributed by atoms with Crippen molar-refractivity contribution < 1.29 is 23.1 Å². The molecule has 2 unspecified atom stereocenters. The van der Waals surface area contributed by atoms with Gasteiger partial charge in [-0.1, -0.05) is 6.92 Å². The zero-order chi connectivity index (χ0) is 26.7. The van der Waals surface area contributed by atoms with E-state index in [0.29, 0.717) is 69.4 Å². The van der Waals surface area contributed by atoms with Crippen molar-refractivity contribution in [2.75, 3.05) is 66.1 Å². The number of aliphatic hydroxyl groups is 1. The molecule has 3 aliphatic rings. The Morgan fingerprint density at radius 1 is 1.14 bits per heavy atom. The number of nitrogens with zero attached hydrogens (tertiary/aromatic N) is 4. The lowest BCUT2D eigenvalue weighted by Gasteiger charge is -2.35. The summed E-state index contributed by atoms with van der Waals surface area (Å²) in [6.07, 6.45) is 1.31. The van der Waals surface area contributed by atoms with Crippen molar-refractivity contribution in [1.82, 2.24) is 24.3 Å². The van der Waals surface area contributed by atoms with E-state index in [2.05, 4.69) is 22.0 Å². The van der Waals surface area contributed by atoms with Gasteiger partial charge in [0.15, 0.2) is 0 Å². The fourth-order valence-corrected chi connectivity index (χ4v) is 6.92. The second-order valence-electron chi connectivity index (χ2n) is 10.2. The summed E-state index contributed by atoms with van der Waals surface area (Å²) in [5.74, 6) is 0.446. The molecule has 1 amide bonds. The van der Waals surface area contributed by atoms with Crippen molar-refractivity contribution in [3.05, 3.63) is 35.0 Å². The van der Waals surface area contributed by atoms with E-state index in [1.54, 1.807) is 25.1 Å². The Balaban J connectivity index is 1.61. The first kappa shape index (κ1) is 27.8. The van der Waals surface area contributed by atoms with Crippen LogP contribution in [0.1, 0.15) is 45.2 Å². The highest BCUT2D eigenvalue weighted by Crippen LogP contribution is 2.39. The van der Waals surface area contributed by atoms with Crippen LogP contribution in [0.2, 0.25) is 0 Å². The maximum Gasteiger partial charge on any atom is 0.268 e. The number of nitrogens with one attached hydrogen (secondary N) is 1. The molecule has 1 aromatic carbocycles. The van der Waals surface area contributed by atoms with Crippen LogP contribution in [0.5, 0.6) is 5.75 Å². The highest BCUT2D eigenvalue weighted by atomic mass is 32.2. The molecular formula is C26H41N5O5S. The second kappa shape index (κ2) is 11.7. The Kier molecular flexibility index (Phi) is 8.80. The van der Waals surface area contributed by atoms with E-state index in [-0.39, 0.29) is 16.9 Å². The first-order chi connectivity index (χ1) is 17.6. The first-order valence-electron chi connectivity index (χ1n) is 13.3. The Labute approximate surface area is 220 Å². The molecule has 2 atom stereocenters. The molecular weight excluding hydrogens is 494 g/mol. The van der Waals surface area contributed by atoms with Gasteiger partial charge in [-0.2, -0.15) is 4.31 Å². The second-order valence-corrected chi connectivity index (χ2v) is 12.1. The van der Waals surface area contributed by atoms with Gasteiger partial charge in [0.1, 0.15) is 11.4 Å². The number of likely N-dealkylation sites (N-methyl/N-ethyl adjacent to an activating group) is 1. The van der Waals surface area contributed by atoms with Crippen LogP contribution in [0.25, 0.3) is 0 Å². The van der Waals surface area contributed by atoms with Crippen LogP contribution in [-0.4, -0.2) is 111 Å². The number of carbonyl (C=O) groups is 1. The molecule has 3 aliphatic heterocycles. The monoisotopic (exact) mass is 535 g/mol. The molecule has 0 radical (unpaired) electrons. The molecule has 3 heterocycles. The summed E-state index contributed by atoms with van der Waals surface area (Å²) in [7, 11) is -1.80. The summed E-state index contributed by atoms with van der Waals surface area (Å²) in [5, 5.41) is 12.7. The standard InChI is InChI=1S/C26H41N5O5S/c1-5-10-30-17-22-24(27-26(33)25(22)28(4)18-30)21-16-20(7-8-23(21)36-6-2)37(34,35)31-14-12-29(13-15-31)11-9-19(3)32/h7-8,16,19,24,32H,5-6,9-15,17-18H2,1-4H3,(H,27,33). The largest absolute Gasteiger partial charge is 0.494 e. The van der Waals surface area contributed by atoms with Gasteiger partial charge in [-0.3, -0.25) is 9.69 Å². The molecule has 0 bridgehead atoms. The molecule has 1 fully saturated rings. The van der Waals surface area contributed by atoms with Gasteiger partial charge in [0.2, 0.25) is 10.0 Å². The molecule has 0 saturated carbocycles. The summed E-state index contributed by atoms with van der Waals surface area (Å²) in [5.41, 5.74) is 2.29. The molecule has 10 nitrogen and oxygen atoms in total. The third-order valence-corrected chi connectivity index (χ3v) is 9.19. The minimum Gasteiger partial charge on any atom is -0.494 e. The van der Waals surface area contributed by atoms with Crippen molar-refractivity contribution in [2.24, 2.45) is 0 Å². The number of piperazine rings is 1. The van der Waals surface area contributed by atoms with Crippen LogP contribution >= 0.6 is 0 Å². The van der Waals surface area contributed by atoms with Gasteiger partial charge in [0, 0.05) is 51.9 Å². The van der Waals surface area contributed by atoms with Gasteiger partial charge in [0.05, 0.1) is 30.3 Å². The lowest BCUT2D eigenvalue weighted by Crippen LogP contribution is -2.49. The number of aliphatic hydroxyl groups excluding tert-OH is 1. The first-order valence-corrected chi connectivity index (χ1v) is 14.7. The fraction of sp³-hybridized carbons (Fsp3) is 0.654. The normalized spacial score (nSPS) is 22.8. The van der Waals surface area contributed by atoms with Crippen molar-refractivity contribution in [2.45, 2.75) is 50.7 Å². The molecule has 206 valence electrons. The predicted octanol–water partition coefficient (Wildman–Crippen LogP) is 1.20. The molecule has 11 heteroatoms. The number of benzene rings is 1. The number of sulfonamides is 1. The molecule has 2 N–H and O–H groups in total. The van der Waals surface area contributed by atoms with Crippen LogP contribution in [-0.2, 0) is 14.8 Å². The van der Waals surface area contributed by atoms with Gasteiger partial charge in [-0.15, -0.1) is 0 Å². The van der Waals surface area contributed by atoms with Gasteiger partial charge in [-0.25, -0.2) is 8.42 Å². The number of ether oxygens (including phenoxy) is 1. The van der Waals surface area contributed by atoms with E-state index in [4.69, 9.17) is 4.74 Å².